The van der Waals surface area contributed by atoms with E-state index >= 15 is 0 Å². The number of ether oxygens (including phenoxy) is 1. The molecule has 1 aromatic heterocycles. The van der Waals surface area contributed by atoms with E-state index in [4.69, 9.17) is 4.74 Å². The van der Waals surface area contributed by atoms with Gasteiger partial charge in [-0.3, -0.25) is 9.78 Å². The maximum atomic E-state index is 11.8. The maximum Gasteiger partial charge on any atom is 0.277 e. The normalized spacial score (nSPS) is 10.7. The van der Waals surface area contributed by atoms with Crippen molar-refractivity contribution in [2.24, 2.45) is 5.10 Å². The monoisotopic (exact) mass is 409 g/mol. The second-order valence-corrected chi connectivity index (χ2v) is 6.23. The van der Waals surface area contributed by atoms with Crippen LogP contribution in [0.2, 0.25) is 0 Å². The molecule has 1 N–H and O–H groups in total. The molecule has 0 radical (unpaired) electrons. The number of halogens is 1. The fraction of sp³-hybridized carbons (Fsp3) is 0.0500. The first-order chi connectivity index (χ1) is 12.7. The SMILES string of the molecule is O=C(COc1ccc(-c2ccccc2)cc1Br)N/N=C/c1ccncc1. The Morgan fingerprint density at radius 3 is 2.58 bits per heavy atom. The van der Waals surface area contributed by atoms with Crippen LogP contribution in [0.3, 0.4) is 0 Å². The Kier molecular flexibility index (Phi) is 6.11. The van der Waals surface area contributed by atoms with Crippen LogP contribution < -0.4 is 10.2 Å². The minimum atomic E-state index is -0.339. The van der Waals surface area contributed by atoms with Crippen LogP contribution in [0.4, 0.5) is 0 Å². The van der Waals surface area contributed by atoms with Gasteiger partial charge >= 0.3 is 0 Å². The number of benzene rings is 2. The van der Waals surface area contributed by atoms with E-state index in [0.717, 1.165) is 21.2 Å². The highest BCUT2D eigenvalue weighted by Crippen LogP contribution is 2.30. The van der Waals surface area contributed by atoms with Crippen molar-refractivity contribution in [3.8, 4) is 16.9 Å². The molecule has 0 saturated carbocycles. The van der Waals surface area contributed by atoms with E-state index in [1.165, 1.54) is 0 Å². The lowest BCUT2D eigenvalue weighted by atomic mass is 10.1. The molecule has 0 aliphatic carbocycles. The van der Waals surface area contributed by atoms with Gasteiger partial charge in [0.1, 0.15) is 5.75 Å². The van der Waals surface area contributed by atoms with Crippen molar-refractivity contribution in [1.29, 1.82) is 0 Å². The Balaban J connectivity index is 1.54. The lowest BCUT2D eigenvalue weighted by molar-refractivity contribution is -0.123. The highest BCUT2D eigenvalue weighted by molar-refractivity contribution is 9.10. The smallest absolute Gasteiger partial charge is 0.277 e. The summed E-state index contributed by atoms with van der Waals surface area (Å²) in [5.74, 6) is 0.257. The van der Waals surface area contributed by atoms with Crippen LogP contribution in [0.25, 0.3) is 11.1 Å². The third kappa shape index (κ3) is 5.00. The van der Waals surface area contributed by atoms with E-state index in [-0.39, 0.29) is 12.5 Å². The van der Waals surface area contributed by atoms with Crippen molar-refractivity contribution in [3.63, 3.8) is 0 Å². The molecule has 0 spiro atoms. The fourth-order valence-corrected chi connectivity index (χ4v) is 2.73. The minimum absolute atomic E-state index is 0.128. The number of pyridine rings is 1. The number of rotatable bonds is 6. The van der Waals surface area contributed by atoms with Gasteiger partial charge in [0.2, 0.25) is 0 Å². The number of aromatic nitrogens is 1. The standard InChI is InChI=1S/C20H16BrN3O2/c21-18-12-17(16-4-2-1-3-5-16)6-7-19(18)26-14-20(25)24-23-13-15-8-10-22-11-9-15/h1-13H,14H2,(H,24,25)/b23-13+. The molecule has 0 aliphatic heterocycles. The van der Waals surface area contributed by atoms with Gasteiger partial charge in [0.25, 0.3) is 5.91 Å². The molecule has 5 nitrogen and oxygen atoms in total. The van der Waals surface area contributed by atoms with Crippen molar-refractivity contribution in [3.05, 3.63) is 83.1 Å². The van der Waals surface area contributed by atoms with Gasteiger partial charge in [-0.25, -0.2) is 5.43 Å². The average molecular weight is 410 g/mol. The van der Waals surface area contributed by atoms with E-state index in [9.17, 15) is 4.79 Å². The van der Waals surface area contributed by atoms with Gasteiger partial charge in [-0.05, 0) is 56.9 Å². The number of nitrogens with zero attached hydrogens (tertiary/aromatic N) is 2. The Labute approximate surface area is 159 Å². The Morgan fingerprint density at radius 1 is 1.08 bits per heavy atom. The van der Waals surface area contributed by atoms with Crippen LogP contribution in [0, 0.1) is 0 Å². The van der Waals surface area contributed by atoms with Crippen LogP contribution in [0.15, 0.2) is 82.6 Å². The second kappa shape index (κ2) is 8.92. The number of hydrogen-bond donors (Lipinski definition) is 1. The van der Waals surface area contributed by atoms with Crippen LogP contribution in [-0.4, -0.2) is 23.7 Å². The zero-order chi connectivity index (χ0) is 18.2. The number of carbonyl (C=O) groups excluding carboxylic acids is 1. The molecule has 0 fully saturated rings. The fourth-order valence-electron chi connectivity index (χ4n) is 2.23. The molecule has 0 bridgehead atoms. The van der Waals surface area contributed by atoms with Crippen molar-refractivity contribution in [1.82, 2.24) is 10.4 Å². The number of hydrazone groups is 1. The largest absolute Gasteiger partial charge is 0.483 e. The van der Waals surface area contributed by atoms with Crippen molar-refractivity contribution in [2.45, 2.75) is 0 Å². The first kappa shape index (κ1) is 17.8. The molecule has 0 unspecified atom stereocenters. The lowest BCUT2D eigenvalue weighted by Crippen LogP contribution is -2.24. The van der Waals surface area contributed by atoms with E-state index in [1.807, 2.05) is 48.5 Å². The van der Waals surface area contributed by atoms with Gasteiger partial charge in [-0.15, -0.1) is 0 Å². The summed E-state index contributed by atoms with van der Waals surface area (Å²) in [6.45, 7) is -0.128. The summed E-state index contributed by atoms with van der Waals surface area (Å²) < 4.78 is 6.33. The Bertz CT molecular complexity index is 899. The van der Waals surface area contributed by atoms with Gasteiger partial charge in [0.15, 0.2) is 6.61 Å². The first-order valence-electron chi connectivity index (χ1n) is 7.92. The quantitative estimate of drug-likeness (QED) is 0.493. The molecular formula is C20H16BrN3O2. The summed E-state index contributed by atoms with van der Waals surface area (Å²) in [5, 5.41) is 3.89. The lowest BCUT2D eigenvalue weighted by Gasteiger charge is -2.09. The highest BCUT2D eigenvalue weighted by atomic mass is 79.9. The molecule has 26 heavy (non-hydrogen) atoms. The molecule has 3 aromatic rings. The molecule has 3 rings (SSSR count). The maximum absolute atomic E-state index is 11.8. The average Bonchev–Trinajstić information content (AvgIpc) is 2.68. The predicted molar refractivity (Wildman–Crippen MR) is 105 cm³/mol. The Hall–Kier alpha value is -2.99. The molecular weight excluding hydrogens is 394 g/mol. The van der Waals surface area contributed by atoms with Crippen LogP contribution in [0.1, 0.15) is 5.56 Å². The molecule has 1 amide bonds. The molecule has 6 heteroatoms. The minimum Gasteiger partial charge on any atom is -0.483 e. The first-order valence-corrected chi connectivity index (χ1v) is 8.71. The van der Waals surface area contributed by atoms with Gasteiger partial charge in [-0.2, -0.15) is 5.10 Å². The number of amides is 1. The summed E-state index contributed by atoms with van der Waals surface area (Å²) in [7, 11) is 0. The predicted octanol–water partition coefficient (Wildman–Crippen LogP) is 4.04. The van der Waals surface area contributed by atoms with Crippen LogP contribution >= 0.6 is 15.9 Å². The number of nitrogens with one attached hydrogen (secondary N) is 1. The third-order valence-corrected chi connectivity index (χ3v) is 4.13. The molecule has 0 atom stereocenters. The summed E-state index contributed by atoms with van der Waals surface area (Å²) in [4.78, 5) is 15.7. The number of carbonyl (C=O) groups is 1. The summed E-state index contributed by atoms with van der Waals surface area (Å²) >= 11 is 3.49. The van der Waals surface area contributed by atoms with Gasteiger partial charge in [0.05, 0.1) is 10.7 Å². The number of hydrogen-bond acceptors (Lipinski definition) is 4. The van der Waals surface area contributed by atoms with E-state index < -0.39 is 0 Å². The summed E-state index contributed by atoms with van der Waals surface area (Å²) in [5.41, 5.74) is 5.46. The van der Waals surface area contributed by atoms with Gasteiger partial charge in [-0.1, -0.05) is 36.4 Å². The highest BCUT2D eigenvalue weighted by Gasteiger charge is 2.07. The van der Waals surface area contributed by atoms with Crippen LogP contribution in [0.5, 0.6) is 5.75 Å². The van der Waals surface area contributed by atoms with Gasteiger partial charge < -0.3 is 4.74 Å². The molecule has 130 valence electrons. The van der Waals surface area contributed by atoms with E-state index in [1.54, 1.807) is 30.7 Å². The zero-order valence-electron chi connectivity index (χ0n) is 13.8. The molecule has 1 heterocycles. The second-order valence-electron chi connectivity index (χ2n) is 5.37. The van der Waals surface area contributed by atoms with Crippen molar-refractivity contribution >= 4 is 28.1 Å². The zero-order valence-corrected chi connectivity index (χ0v) is 15.4. The van der Waals surface area contributed by atoms with Gasteiger partial charge in [0, 0.05) is 12.4 Å². The van der Waals surface area contributed by atoms with Crippen LogP contribution in [-0.2, 0) is 4.79 Å². The molecule has 0 saturated heterocycles. The van der Waals surface area contributed by atoms with Crippen molar-refractivity contribution < 1.29 is 9.53 Å². The summed E-state index contributed by atoms with van der Waals surface area (Å²) in [6.07, 6.45) is 4.86. The Morgan fingerprint density at radius 2 is 1.85 bits per heavy atom. The topological polar surface area (TPSA) is 63.6 Å². The summed E-state index contributed by atoms with van der Waals surface area (Å²) in [6, 6.07) is 19.4. The van der Waals surface area contributed by atoms with Crippen molar-refractivity contribution in [2.75, 3.05) is 6.61 Å². The molecule has 0 aliphatic rings. The third-order valence-electron chi connectivity index (χ3n) is 3.51. The molecule has 2 aromatic carbocycles. The van der Waals surface area contributed by atoms with E-state index in [0.29, 0.717) is 5.75 Å². The van der Waals surface area contributed by atoms with E-state index in [2.05, 4.69) is 31.4 Å².